The third-order valence-corrected chi connectivity index (χ3v) is 2.18. The highest BCUT2D eigenvalue weighted by atomic mass is 16.1. The van der Waals surface area contributed by atoms with Gasteiger partial charge in [-0.25, -0.2) is 0 Å². The Morgan fingerprint density at radius 2 is 2.08 bits per heavy atom. The normalized spacial score (nSPS) is 10.2. The van der Waals surface area contributed by atoms with Gasteiger partial charge in [-0.1, -0.05) is 12.8 Å². The van der Waals surface area contributed by atoms with Crippen LogP contribution in [-0.4, -0.2) is 11.3 Å². The van der Waals surface area contributed by atoms with Crippen molar-refractivity contribution in [3.05, 3.63) is 24.0 Å². The zero-order chi connectivity index (χ0) is 9.36. The fraction of sp³-hybridized carbons (Fsp3) is 0.545. The molecular weight excluding hydrogens is 162 g/mol. The molecule has 1 aromatic heterocycles. The number of carbonyl (C=O) groups is 1. The first-order chi connectivity index (χ1) is 6.43. The third-order valence-electron chi connectivity index (χ3n) is 2.18. The second kappa shape index (κ2) is 6.46. The Morgan fingerprint density at radius 3 is 2.77 bits per heavy atom. The molecule has 1 rings (SSSR count). The molecule has 0 aromatic carbocycles. The van der Waals surface area contributed by atoms with Crippen molar-refractivity contribution in [2.75, 3.05) is 0 Å². The highest BCUT2D eigenvalue weighted by molar-refractivity contribution is 5.48. The fourth-order valence-electron chi connectivity index (χ4n) is 1.42. The Morgan fingerprint density at radius 1 is 1.23 bits per heavy atom. The van der Waals surface area contributed by atoms with E-state index in [1.807, 2.05) is 12.3 Å². The number of nitrogens with one attached hydrogen (secondary N) is 1. The van der Waals surface area contributed by atoms with Gasteiger partial charge in [0.1, 0.15) is 6.29 Å². The minimum Gasteiger partial charge on any atom is -0.365 e. The first-order valence-corrected chi connectivity index (χ1v) is 4.99. The lowest BCUT2D eigenvalue weighted by atomic mass is 10.1. The molecule has 2 heteroatoms. The number of aromatic amines is 1. The van der Waals surface area contributed by atoms with E-state index in [0.717, 1.165) is 25.5 Å². The molecule has 1 aromatic rings. The average Bonchev–Trinajstić information content (AvgIpc) is 2.63. The van der Waals surface area contributed by atoms with Crippen LogP contribution in [0.5, 0.6) is 0 Å². The molecule has 1 N–H and O–H groups in total. The number of carbonyl (C=O) groups excluding carboxylic acids is 1. The van der Waals surface area contributed by atoms with Crippen molar-refractivity contribution in [2.24, 2.45) is 0 Å². The molecule has 0 bridgehead atoms. The molecule has 0 aliphatic carbocycles. The summed E-state index contributed by atoms with van der Waals surface area (Å²) in [5.74, 6) is 0. The number of H-pyrrole nitrogens is 1. The van der Waals surface area contributed by atoms with Crippen LogP contribution < -0.4 is 0 Å². The molecule has 0 amide bonds. The van der Waals surface area contributed by atoms with Gasteiger partial charge in [-0.2, -0.15) is 0 Å². The van der Waals surface area contributed by atoms with Crippen LogP contribution in [0.4, 0.5) is 0 Å². The first kappa shape index (κ1) is 10.0. The number of hydrogen-bond donors (Lipinski definition) is 1. The van der Waals surface area contributed by atoms with Gasteiger partial charge < -0.3 is 9.78 Å². The summed E-state index contributed by atoms with van der Waals surface area (Å²) in [6.45, 7) is 0. The zero-order valence-corrected chi connectivity index (χ0v) is 7.96. The van der Waals surface area contributed by atoms with Crippen molar-refractivity contribution >= 4 is 6.29 Å². The average molecular weight is 179 g/mol. The smallest absolute Gasteiger partial charge is 0.119 e. The molecule has 2 nitrogen and oxygen atoms in total. The predicted octanol–water partition coefficient (Wildman–Crippen LogP) is 2.71. The summed E-state index contributed by atoms with van der Waals surface area (Å²) < 4.78 is 0. The van der Waals surface area contributed by atoms with E-state index in [9.17, 15) is 4.79 Å². The minimum absolute atomic E-state index is 0.725. The highest BCUT2D eigenvalue weighted by Gasteiger charge is 1.93. The van der Waals surface area contributed by atoms with Gasteiger partial charge in [0.05, 0.1) is 0 Å². The lowest BCUT2D eigenvalue weighted by molar-refractivity contribution is -0.107. The summed E-state index contributed by atoms with van der Waals surface area (Å²) >= 11 is 0. The lowest BCUT2D eigenvalue weighted by Gasteiger charge is -1.97. The van der Waals surface area contributed by atoms with E-state index in [0.29, 0.717) is 0 Å². The maximum atomic E-state index is 10.0. The zero-order valence-electron chi connectivity index (χ0n) is 7.96. The summed E-state index contributed by atoms with van der Waals surface area (Å²) in [4.78, 5) is 13.2. The molecule has 0 aliphatic heterocycles. The number of rotatable bonds is 7. The second-order valence-corrected chi connectivity index (χ2v) is 3.31. The van der Waals surface area contributed by atoms with Crippen molar-refractivity contribution in [1.29, 1.82) is 0 Å². The van der Waals surface area contributed by atoms with Gasteiger partial charge in [0.15, 0.2) is 0 Å². The Balaban J connectivity index is 1.93. The fourth-order valence-corrected chi connectivity index (χ4v) is 1.42. The molecule has 0 saturated heterocycles. The van der Waals surface area contributed by atoms with Crippen LogP contribution in [0.15, 0.2) is 18.3 Å². The Bertz CT molecular complexity index is 216. The maximum absolute atomic E-state index is 10.0. The Labute approximate surface area is 79.4 Å². The van der Waals surface area contributed by atoms with Crippen LogP contribution in [0.3, 0.4) is 0 Å². The first-order valence-electron chi connectivity index (χ1n) is 4.99. The van der Waals surface area contributed by atoms with Gasteiger partial charge in [0.25, 0.3) is 0 Å². The summed E-state index contributed by atoms with van der Waals surface area (Å²) in [7, 11) is 0. The van der Waals surface area contributed by atoms with E-state index in [2.05, 4.69) is 11.1 Å². The van der Waals surface area contributed by atoms with E-state index in [4.69, 9.17) is 0 Å². The summed E-state index contributed by atoms with van der Waals surface area (Å²) in [6, 6.07) is 4.15. The highest BCUT2D eigenvalue weighted by Crippen LogP contribution is 2.06. The molecule has 1 heterocycles. The van der Waals surface area contributed by atoms with Gasteiger partial charge in [-0.3, -0.25) is 0 Å². The molecule has 13 heavy (non-hydrogen) atoms. The number of aromatic nitrogens is 1. The van der Waals surface area contributed by atoms with Crippen molar-refractivity contribution in [3.63, 3.8) is 0 Å². The standard InChI is InChI=1S/C11H17NO/c13-10-5-3-1-2-4-7-11-8-6-9-12-11/h6,8-10,12H,1-5,7H2. The van der Waals surface area contributed by atoms with E-state index in [-0.39, 0.29) is 0 Å². The summed E-state index contributed by atoms with van der Waals surface area (Å²) in [6.07, 6.45) is 9.50. The molecule has 0 saturated carbocycles. The van der Waals surface area contributed by atoms with Gasteiger partial charge in [0.2, 0.25) is 0 Å². The number of aryl methyl sites for hydroxylation is 1. The van der Waals surface area contributed by atoms with E-state index in [1.165, 1.54) is 25.0 Å². The van der Waals surface area contributed by atoms with Crippen molar-refractivity contribution in [2.45, 2.75) is 38.5 Å². The van der Waals surface area contributed by atoms with E-state index >= 15 is 0 Å². The van der Waals surface area contributed by atoms with Gasteiger partial charge in [0, 0.05) is 18.3 Å². The molecular formula is C11H17NO. The Kier molecular flexibility index (Phi) is 4.99. The van der Waals surface area contributed by atoms with Crippen molar-refractivity contribution < 1.29 is 4.79 Å². The van der Waals surface area contributed by atoms with Gasteiger partial charge in [-0.05, 0) is 31.4 Å². The van der Waals surface area contributed by atoms with Crippen LogP contribution >= 0.6 is 0 Å². The predicted molar refractivity (Wildman–Crippen MR) is 53.6 cm³/mol. The maximum Gasteiger partial charge on any atom is 0.119 e. The van der Waals surface area contributed by atoms with Crippen LogP contribution in [0, 0.1) is 0 Å². The molecule has 0 atom stereocenters. The Hall–Kier alpha value is -1.05. The minimum atomic E-state index is 0.725. The molecule has 0 radical (unpaired) electrons. The largest absolute Gasteiger partial charge is 0.365 e. The van der Waals surface area contributed by atoms with Crippen LogP contribution in [-0.2, 0) is 11.2 Å². The summed E-state index contributed by atoms with van der Waals surface area (Å²) in [5, 5.41) is 0. The SMILES string of the molecule is O=CCCCCCCc1ccc[nH]1. The second-order valence-electron chi connectivity index (χ2n) is 3.31. The molecule has 0 spiro atoms. The van der Waals surface area contributed by atoms with Crippen molar-refractivity contribution in [3.8, 4) is 0 Å². The lowest BCUT2D eigenvalue weighted by Crippen LogP contribution is -1.86. The van der Waals surface area contributed by atoms with Gasteiger partial charge >= 0.3 is 0 Å². The van der Waals surface area contributed by atoms with E-state index < -0.39 is 0 Å². The van der Waals surface area contributed by atoms with Gasteiger partial charge in [-0.15, -0.1) is 0 Å². The van der Waals surface area contributed by atoms with E-state index in [1.54, 1.807) is 0 Å². The molecule has 0 unspecified atom stereocenters. The van der Waals surface area contributed by atoms with Crippen LogP contribution in [0.2, 0.25) is 0 Å². The number of aldehydes is 1. The number of hydrogen-bond acceptors (Lipinski definition) is 1. The quantitative estimate of drug-likeness (QED) is 0.506. The van der Waals surface area contributed by atoms with Crippen molar-refractivity contribution in [1.82, 2.24) is 4.98 Å². The molecule has 0 aliphatic rings. The number of unbranched alkanes of at least 4 members (excludes halogenated alkanes) is 4. The van der Waals surface area contributed by atoms with Crippen LogP contribution in [0.25, 0.3) is 0 Å². The summed E-state index contributed by atoms with van der Waals surface area (Å²) in [5.41, 5.74) is 1.32. The molecule has 72 valence electrons. The third kappa shape index (κ3) is 4.51. The van der Waals surface area contributed by atoms with Crippen LogP contribution in [0.1, 0.15) is 37.8 Å². The monoisotopic (exact) mass is 179 g/mol. The molecule has 0 fully saturated rings. The topological polar surface area (TPSA) is 32.9 Å².